The van der Waals surface area contributed by atoms with Crippen molar-refractivity contribution in [2.45, 2.75) is 47.5 Å². The van der Waals surface area contributed by atoms with Crippen molar-refractivity contribution in [2.24, 2.45) is 4.99 Å². The Morgan fingerprint density at radius 3 is 2.31 bits per heavy atom. The summed E-state index contributed by atoms with van der Waals surface area (Å²) in [6.45, 7) is 9.80. The number of nitrogens with zero attached hydrogens (tertiary/aromatic N) is 2. The largest absolute Gasteiger partial charge is 0.326 e. The molecule has 4 nitrogen and oxygen atoms in total. The van der Waals surface area contributed by atoms with Gasteiger partial charge >= 0.3 is 0 Å². The van der Waals surface area contributed by atoms with Gasteiger partial charge in [-0.15, -0.1) is 0 Å². The number of carbonyl (C=O) groups is 1. The van der Waals surface area contributed by atoms with Gasteiger partial charge in [0.2, 0.25) is 5.91 Å². The molecule has 0 aliphatic rings. The van der Waals surface area contributed by atoms with Gasteiger partial charge in [0.15, 0.2) is 0 Å². The van der Waals surface area contributed by atoms with Crippen LogP contribution >= 0.6 is 23.2 Å². The molecule has 2 aromatic rings. The van der Waals surface area contributed by atoms with Crippen LogP contribution in [0.2, 0.25) is 10.0 Å². The minimum Gasteiger partial charge on any atom is -0.326 e. The maximum atomic E-state index is 12.3. The molecule has 0 saturated carbocycles. The van der Waals surface area contributed by atoms with Gasteiger partial charge in [-0.3, -0.25) is 9.79 Å². The third kappa shape index (κ3) is 8.34. The summed E-state index contributed by atoms with van der Waals surface area (Å²) in [6.07, 6.45) is 4.80. The molecule has 0 aromatic heterocycles. The Kier molecular flexibility index (Phi) is 12.1. The molecule has 0 radical (unpaired) electrons. The van der Waals surface area contributed by atoms with Gasteiger partial charge in [0.25, 0.3) is 0 Å². The van der Waals surface area contributed by atoms with Gasteiger partial charge in [0.1, 0.15) is 0 Å². The molecule has 0 aliphatic heterocycles. The standard InChI is InChI=1S/C24H23Cl2N3O.C2H6/c1-4-7-22(28-17(3)24-20(25)10-6-11-21(24)26)16(2)12-13-23(30)29-19-9-5-8-18(14-19)15-27;1-2/h5-12,14H,4,13H2,1-3H3,(H,29,30);1-2H3/b16-12-,22-7+,28-17?;. The normalized spacial score (nSPS) is 11.9. The van der Waals surface area contributed by atoms with E-state index in [1.165, 1.54) is 0 Å². The van der Waals surface area contributed by atoms with Crippen molar-refractivity contribution in [2.75, 3.05) is 5.32 Å². The average molecular weight is 470 g/mol. The van der Waals surface area contributed by atoms with Gasteiger partial charge in [0, 0.05) is 23.4 Å². The third-order valence-electron chi connectivity index (χ3n) is 4.28. The highest BCUT2D eigenvalue weighted by Gasteiger charge is 2.10. The maximum Gasteiger partial charge on any atom is 0.228 e. The fourth-order valence-corrected chi connectivity index (χ4v) is 3.47. The molecule has 0 atom stereocenters. The lowest BCUT2D eigenvalue weighted by atomic mass is 10.1. The second kappa shape index (κ2) is 14.2. The number of allylic oxidation sites excluding steroid dienone is 2. The molecule has 0 unspecified atom stereocenters. The van der Waals surface area contributed by atoms with E-state index in [0.29, 0.717) is 32.6 Å². The number of nitrogens with one attached hydrogen (secondary N) is 1. The van der Waals surface area contributed by atoms with E-state index in [4.69, 9.17) is 33.5 Å². The van der Waals surface area contributed by atoms with E-state index in [-0.39, 0.29) is 12.3 Å². The number of anilines is 1. The van der Waals surface area contributed by atoms with Crippen LogP contribution in [0.3, 0.4) is 0 Å². The summed E-state index contributed by atoms with van der Waals surface area (Å²) in [5.74, 6) is -0.171. The highest BCUT2D eigenvalue weighted by atomic mass is 35.5. The summed E-state index contributed by atoms with van der Waals surface area (Å²) in [5.41, 5.74) is 4.14. The average Bonchev–Trinajstić information content (AvgIpc) is 2.78. The SMILES string of the molecule is CC.CC/C=C(N=C(C)c1c(Cl)cccc1Cl)\C(C)=C/CC(=O)Nc1cccc(C#N)c1. The predicted octanol–water partition coefficient (Wildman–Crippen LogP) is 7.97. The Labute approximate surface area is 201 Å². The van der Waals surface area contributed by atoms with Crippen molar-refractivity contribution in [3.63, 3.8) is 0 Å². The number of amides is 1. The Morgan fingerprint density at radius 2 is 1.72 bits per heavy atom. The fraction of sp³-hybridized carbons (Fsp3) is 0.269. The smallest absolute Gasteiger partial charge is 0.228 e. The quantitative estimate of drug-likeness (QED) is 0.329. The molecule has 2 aromatic carbocycles. The first kappa shape index (κ1) is 27.2. The zero-order valence-corrected chi connectivity index (χ0v) is 20.7. The van der Waals surface area contributed by atoms with E-state index in [9.17, 15) is 4.79 Å². The van der Waals surface area contributed by atoms with Crippen LogP contribution in [0.25, 0.3) is 0 Å². The zero-order chi connectivity index (χ0) is 24.1. The summed E-state index contributed by atoms with van der Waals surface area (Å²) < 4.78 is 0. The van der Waals surface area contributed by atoms with Crippen LogP contribution in [0.4, 0.5) is 5.69 Å². The zero-order valence-electron chi connectivity index (χ0n) is 19.2. The van der Waals surface area contributed by atoms with E-state index in [1.54, 1.807) is 42.5 Å². The number of rotatable bonds is 7. The number of halogens is 2. The summed E-state index contributed by atoms with van der Waals surface area (Å²) >= 11 is 12.6. The molecular weight excluding hydrogens is 441 g/mol. The van der Waals surface area contributed by atoms with Crippen LogP contribution in [0.1, 0.15) is 58.6 Å². The predicted molar refractivity (Wildman–Crippen MR) is 137 cm³/mol. The topological polar surface area (TPSA) is 65.2 Å². The lowest BCUT2D eigenvalue weighted by molar-refractivity contribution is -0.115. The van der Waals surface area contributed by atoms with Gasteiger partial charge in [0.05, 0.1) is 27.4 Å². The highest BCUT2D eigenvalue weighted by molar-refractivity contribution is 6.40. The second-order valence-corrected chi connectivity index (χ2v) is 7.44. The van der Waals surface area contributed by atoms with Crippen LogP contribution in [0, 0.1) is 11.3 Å². The van der Waals surface area contributed by atoms with Crippen molar-refractivity contribution in [3.8, 4) is 6.07 Å². The minimum atomic E-state index is -0.171. The molecule has 2 rings (SSSR count). The molecule has 1 amide bonds. The van der Waals surface area contributed by atoms with Gasteiger partial charge in [-0.2, -0.15) is 5.26 Å². The molecule has 168 valence electrons. The minimum absolute atomic E-state index is 0.171. The molecule has 0 spiro atoms. The van der Waals surface area contributed by atoms with E-state index < -0.39 is 0 Å². The number of benzene rings is 2. The molecule has 1 N–H and O–H groups in total. The van der Waals surface area contributed by atoms with Crippen molar-refractivity contribution < 1.29 is 4.79 Å². The van der Waals surface area contributed by atoms with Crippen molar-refractivity contribution >= 4 is 40.5 Å². The first-order valence-corrected chi connectivity index (χ1v) is 11.3. The Balaban J connectivity index is 0.00000249. The van der Waals surface area contributed by atoms with Gasteiger partial charge in [-0.1, -0.05) is 68.3 Å². The number of hydrogen-bond acceptors (Lipinski definition) is 3. The summed E-state index contributed by atoms with van der Waals surface area (Å²) in [6, 6.07) is 14.2. The van der Waals surface area contributed by atoms with Gasteiger partial charge in [-0.25, -0.2) is 0 Å². The highest BCUT2D eigenvalue weighted by Crippen LogP contribution is 2.26. The monoisotopic (exact) mass is 469 g/mol. The molecule has 32 heavy (non-hydrogen) atoms. The van der Waals surface area contributed by atoms with E-state index in [0.717, 1.165) is 17.7 Å². The third-order valence-corrected chi connectivity index (χ3v) is 4.91. The fourth-order valence-electron chi connectivity index (χ4n) is 2.80. The van der Waals surface area contributed by atoms with Crippen LogP contribution < -0.4 is 5.32 Å². The summed E-state index contributed by atoms with van der Waals surface area (Å²) in [4.78, 5) is 17.0. The molecule has 0 saturated heterocycles. The molecule has 0 heterocycles. The summed E-state index contributed by atoms with van der Waals surface area (Å²) in [7, 11) is 0. The first-order valence-electron chi connectivity index (χ1n) is 10.5. The Morgan fingerprint density at radius 1 is 1.09 bits per heavy atom. The molecule has 0 bridgehead atoms. The van der Waals surface area contributed by atoms with E-state index >= 15 is 0 Å². The second-order valence-electron chi connectivity index (χ2n) is 6.62. The first-order chi connectivity index (χ1) is 15.3. The maximum absolute atomic E-state index is 12.3. The molecular formula is C26H29Cl2N3O. The van der Waals surface area contributed by atoms with Gasteiger partial charge < -0.3 is 5.32 Å². The Hall–Kier alpha value is -2.87. The number of carbonyl (C=O) groups excluding carboxylic acids is 1. The van der Waals surface area contributed by atoms with Crippen molar-refractivity contribution in [1.82, 2.24) is 0 Å². The van der Waals surface area contributed by atoms with E-state index in [2.05, 4.69) is 11.4 Å². The van der Waals surface area contributed by atoms with Crippen molar-refractivity contribution in [3.05, 3.63) is 87.1 Å². The van der Waals surface area contributed by atoms with Crippen molar-refractivity contribution in [1.29, 1.82) is 5.26 Å². The molecule has 6 heteroatoms. The van der Waals surface area contributed by atoms with Gasteiger partial charge in [-0.05, 0) is 56.2 Å². The van der Waals surface area contributed by atoms with Crippen LogP contribution in [-0.2, 0) is 4.79 Å². The number of nitriles is 1. The lowest BCUT2D eigenvalue weighted by Crippen LogP contribution is -2.10. The van der Waals surface area contributed by atoms with E-state index in [1.807, 2.05) is 46.8 Å². The molecule has 0 fully saturated rings. The molecule has 0 aliphatic carbocycles. The van der Waals surface area contributed by atoms with Crippen LogP contribution in [0.5, 0.6) is 0 Å². The van der Waals surface area contributed by atoms with Crippen LogP contribution in [0.15, 0.2) is 70.9 Å². The summed E-state index contributed by atoms with van der Waals surface area (Å²) in [5, 5.41) is 12.8. The van der Waals surface area contributed by atoms with Crippen LogP contribution in [-0.4, -0.2) is 11.6 Å². The number of hydrogen-bond donors (Lipinski definition) is 1. The lowest BCUT2D eigenvalue weighted by Gasteiger charge is -2.09. The number of aliphatic imine (C=N–C) groups is 1. The Bertz CT molecular complexity index is 1040.